The molecule has 0 radical (unpaired) electrons. The summed E-state index contributed by atoms with van der Waals surface area (Å²) < 4.78 is 5.20. The molecule has 30 heavy (non-hydrogen) atoms. The molecule has 1 heterocycles. The maximum Gasteiger partial charge on any atom is 0.313 e. The molecule has 3 rings (SSSR count). The van der Waals surface area contributed by atoms with Gasteiger partial charge in [-0.15, -0.1) is 0 Å². The van der Waals surface area contributed by atoms with E-state index in [1.54, 1.807) is 12.1 Å². The first-order valence-electron chi connectivity index (χ1n) is 9.73. The fraction of sp³-hybridized carbons (Fsp3) is 0.364. The van der Waals surface area contributed by atoms with Crippen molar-refractivity contribution in [2.45, 2.75) is 12.5 Å². The molecule has 0 unspecified atom stereocenters. The second-order valence-electron chi connectivity index (χ2n) is 7.55. The van der Waals surface area contributed by atoms with Gasteiger partial charge >= 0.3 is 11.8 Å². The molecule has 0 fully saturated rings. The Morgan fingerprint density at radius 1 is 1.20 bits per heavy atom. The van der Waals surface area contributed by atoms with Crippen LogP contribution in [0, 0.1) is 0 Å². The minimum absolute atomic E-state index is 0.0568. The van der Waals surface area contributed by atoms with Crippen LogP contribution in [0.3, 0.4) is 0 Å². The second kappa shape index (κ2) is 9.36. The summed E-state index contributed by atoms with van der Waals surface area (Å²) in [4.78, 5) is 29.0. The average molecular weight is 431 g/mol. The highest BCUT2D eigenvalue weighted by Gasteiger charge is 2.22. The number of nitrogens with one attached hydrogen (secondary N) is 2. The quantitative estimate of drug-likeness (QED) is 0.689. The number of anilines is 2. The van der Waals surface area contributed by atoms with Crippen molar-refractivity contribution < 1.29 is 14.3 Å². The molecule has 2 amide bonds. The fourth-order valence-electron chi connectivity index (χ4n) is 3.62. The van der Waals surface area contributed by atoms with Gasteiger partial charge in [0.25, 0.3) is 0 Å². The number of benzene rings is 2. The van der Waals surface area contributed by atoms with Crippen LogP contribution >= 0.6 is 11.6 Å². The molecule has 1 atom stereocenters. The smallest absolute Gasteiger partial charge is 0.313 e. The number of fused-ring (bicyclic) bond motifs is 1. The third kappa shape index (κ3) is 4.86. The lowest BCUT2D eigenvalue weighted by Crippen LogP contribution is -2.40. The number of methoxy groups -OCH3 is 1. The molecule has 2 N–H and O–H groups in total. The van der Waals surface area contributed by atoms with E-state index >= 15 is 0 Å². The van der Waals surface area contributed by atoms with Gasteiger partial charge in [0.15, 0.2) is 0 Å². The Kier molecular flexibility index (Phi) is 6.84. The van der Waals surface area contributed by atoms with Crippen LogP contribution in [0.4, 0.5) is 11.4 Å². The molecule has 0 bridgehead atoms. The predicted octanol–water partition coefficient (Wildman–Crippen LogP) is 2.70. The SMILES string of the molecule is COc1ccc(Cl)cc1NC(=O)C(=O)NC[C@@H](c1ccc2c(c1)CCN2C)N(C)C. The maximum atomic E-state index is 12.4. The topological polar surface area (TPSA) is 73.9 Å². The highest BCUT2D eigenvalue weighted by molar-refractivity contribution is 6.40. The summed E-state index contributed by atoms with van der Waals surface area (Å²) in [7, 11) is 7.47. The van der Waals surface area contributed by atoms with Crippen LogP contribution < -0.4 is 20.3 Å². The van der Waals surface area contributed by atoms with Crippen molar-refractivity contribution in [2.75, 3.05) is 51.6 Å². The lowest BCUT2D eigenvalue weighted by atomic mass is 10.0. The molecule has 7 nitrogen and oxygen atoms in total. The zero-order valence-electron chi connectivity index (χ0n) is 17.7. The van der Waals surface area contributed by atoms with Gasteiger partial charge in [-0.25, -0.2) is 0 Å². The van der Waals surface area contributed by atoms with Gasteiger partial charge in [0.2, 0.25) is 0 Å². The van der Waals surface area contributed by atoms with E-state index in [0.717, 1.165) is 18.5 Å². The molecule has 1 aliphatic rings. The van der Waals surface area contributed by atoms with Crippen molar-refractivity contribution in [3.8, 4) is 5.75 Å². The molecular weight excluding hydrogens is 404 g/mol. The van der Waals surface area contributed by atoms with E-state index in [1.807, 2.05) is 19.0 Å². The normalized spacial score (nSPS) is 13.7. The number of hydrogen-bond acceptors (Lipinski definition) is 5. The molecule has 2 aromatic rings. The van der Waals surface area contributed by atoms with E-state index in [1.165, 1.54) is 24.4 Å². The Labute approximate surface area is 181 Å². The fourth-order valence-corrected chi connectivity index (χ4v) is 3.79. The Morgan fingerprint density at radius 2 is 1.97 bits per heavy atom. The number of amides is 2. The third-order valence-electron chi connectivity index (χ3n) is 5.31. The van der Waals surface area contributed by atoms with Gasteiger partial charge < -0.3 is 25.2 Å². The van der Waals surface area contributed by atoms with Gasteiger partial charge in [0.1, 0.15) is 5.75 Å². The number of likely N-dealkylation sites (N-methyl/N-ethyl adjacent to an activating group) is 2. The first kappa shape index (κ1) is 21.9. The van der Waals surface area contributed by atoms with Crippen molar-refractivity contribution in [1.82, 2.24) is 10.2 Å². The maximum absolute atomic E-state index is 12.4. The van der Waals surface area contributed by atoms with E-state index in [9.17, 15) is 9.59 Å². The summed E-state index contributed by atoms with van der Waals surface area (Å²) in [6.07, 6.45) is 1.01. The Bertz CT molecular complexity index is 948. The summed E-state index contributed by atoms with van der Waals surface area (Å²) in [6.45, 7) is 1.32. The van der Waals surface area contributed by atoms with Gasteiger partial charge in [0.05, 0.1) is 18.8 Å². The summed E-state index contributed by atoms with van der Waals surface area (Å²) in [6, 6.07) is 11.1. The van der Waals surface area contributed by atoms with Crippen LogP contribution in [-0.4, -0.2) is 58.1 Å². The lowest BCUT2D eigenvalue weighted by Gasteiger charge is -2.26. The molecule has 0 saturated carbocycles. The Morgan fingerprint density at radius 3 is 2.67 bits per heavy atom. The van der Waals surface area contributed by atoms with Crippen molar-refractivity contribution in [1.29, 1.82) is 0 Å². The number of halogens is 1. The average Bonchev–Trinajstić information content (AvgIpc) is 3.08. The van der Waals surface area contributed by atoms with Crippen molar-refractivity contribution >= 4 is 34.8 Å². The first-order chi connectivity index (χ1) is 14.3. The summed E-state index contributed by atoms with van der Waals surface area (Å²) in [5, 5.41) is 5.72. The molecule has 8 heteroatoms. The minimum Gasteiger partial charge on any atom is -0.495 e. The number of rotatable bonds is 6. The van der Waals surface area contributed by atoms with Gasteiger partial charge in [-0.05, 0) is 55.9 Å². The summed E-state index contributed by atoms with van der Waals surface area (Å²) >= 11 is 5.98. The zero-order chi connectivity index (χ0) is 21.8. The van der Waals surface area contributed by atoms with Crippen LogP contribution in [0.5, 0.6) is 5.75 Å². The highest BCUT2D eigenvalue weighted by Crippen LogP contribution is 2.30. The van der Waals surface area contributed by atoms with E-state index in [-0.39, 0.29) is 6.04 Å². The third-order valence-corrected chi connectivity index (χ3v) is 5.55. The molecule has 1 aliphatic heterocycles. The number of ether oxygens (including phenoxy) is 1. The number of carbonyl (C=O) groups is 2. The van der Waals surface area contributed by atoms with Gasteiger partial charge in [-0.3, -0.25) is 9.59 Å². The molecule has 0 saturated heterocycles. The van der Waals surface area contributed by atoms with E-state index in [4.69, 9.17) is 16.3 Å². The number of hydrogen-bond donors (Lipinski definition) is 2. The zero-order valence-corrected chi connectivity index (χ0v) is 18.4. The Balaban J connectivity index is 1.66. The largest absolute Gasteiger partial charge is 0.495 e. The van der Waals surface area contributed by atoms with Crippen LogP contribution in [0.1, 0.15) is 17.2 Å². The Hall–Kier alpha value is -2.77. The number of nitrogens with zero attached hydrogens (tertiary/aromatic N) is 2. The second-order valence-corrected chi connectivity index (χ2v) is 7.98. The van der Waals surface area contributed by atoms with Crippen LogP contribution in [0.15, 0.2) is 36.4 Å². The lowest BCUT2D eigenvalue weighted by molar-refractivity contribution is -0.136. The van der Waals surface area contributed by atoms with Crippen molar-refractivity contribution in [3.63, 3.8) is 0 Å². The van der Waals surface area contributed by atoms with E-state index in [0.29, 0.717) is 23.0 Å². The van der Waals surface area contributed by atoms with Gasteiger partial charge in [0, 0.05) is 30.8 Å². The van der Waals surface area contributed by atoms with Gasteiger partial charge in [-0.1, -0.05) is 23.7 Å². The number of carbonyl (C=O) groups excluding carboxylic acids is 2. The van der Waals surface area contributed by atoms with Gasteiger partial charge in [-0.2, -0.15) is 0 Å². The first-order valence-corrected chi connectivity index (χ1v) is 10.1. The standard InChI is InChI=1S/C22H27ClN4O3/c1-26(2)19(14-5-7-18-15(11-14)9-10-27(18)3)13-24-21(28)22(29)25-17-12-16(23)6-8-20(17)30-4/h5-8,11-12,19H,9-10,13H2,1-4H3,(H,24,28)(H,25,29)/t19-/m0/s1. The molecule has 0 spiro atoms. The summed E-state index contributed by atoms with van der Waals surface area (Å²) in [5.74, 6) is -1.07. The molecule has 0 aromatic heterocycles. The van der Waals surface area contributed by atoms with Crippen molar-refractivity contribution in [3.05, 3.63) is 52.5 Å². The highest BCUT2D eigenvalue weighted by atomic mass is 35.5. The monoisotopic (exact) mass is 430 g/mol. The molecule has 0 aliphatic carbocycles. The molecule has 160 valence electrons. The van der Waals surface area contributed by atoms with Crippen molar-refractivity contribution in [2.24, 2.45) is 0 Å². The molecular formula is C22H27ClN4O3. The van der Waals surface area contributed by atoms with E-state index < -0.39 is 11.8 Å². The predicted molar refractivity (Wildman–Crippen MR) is 119 cm³/mol. The summed E-state index contributed by atoms with van der Waals surface area (Å²) in [5.41, 5.74) is 4.00. The molecule has 2 aromatic carbocycles. The van der Waals surface area contributed by atoms with Crippen LogP contribution in [0.25, 0.3) is 0 Å². The minimum atomic E-state index is -0.774. The van der Waals surface area contributed by atoms with Crippen LogP contribution in [0.2, 0.25) is 5.02 Å². The van der Waals surface area contributed by atoms with E-state index in [2.05, 4.69) is 40.8 Å². The van der Waals surface area contributed by atoms with Crippen LogP contribution in [-0.2, 0) is 16.0 Å².